The van der Waals surface area contributed by atoms with Gasteiger partial charge < -0.3 is 5.73 Å². The molecule has 1 fully saturated rings. The highest BCUT2D eigenvalue weighted by molar-refractivity contribution is 5.10. The van der Waals surface area contributed by atoms with Gasteiger partial charge in [0, 0.05) is 19.3 Å². The molecule has 2 rings (SSSR count). The fourth-order valence-electron chi connectivity index (χ4n) is 2.82. The van der Waals surface area contributed by atoms with Crippen LogP contribution in [0.3, 0.4) is 0 Å². The minimum Gasteiger partial charge on any atom is -0.329 e. The van der Waals surface area contributed by atoms with E-state index in [4.69, 9.17) is 5.73 Å². The van der Waals surface area contributed by atoms with E-state index in [0.717, 1.165) is 11.6 Å². The third kappa shape index (κ3) is 3.05. The molecule has 0 aromatic carbocycles. The predicted molar refractivity (Wildman–Crippen MR) is 70.6 cm³/mol. The predicted octanol–water partition coefficient (Wildman–Crippen LogP) is 2.20. The van der Waals surface area contributed by atoms with Crippen molar-refractivity contribution in [2.75, 3.05) is 19.6 Å². The molecule has 0 amide bonds. The van der Waals surface area contributed by atoms with Crippen molar-refractivity contribution in [3.63, 3.8) is 0 Å². The SMILES string of the molecule is CCCC1CCN(C(CN)c2ccccn2)C1. The molecule has 2 N–H and O–H groups in total. The second-order valence-electron chi connectivity index (χ2n) is 4.94. The minimum atomic E-state index is 0.304. The van der Waals surface area contributed by atoms with Crippen LogP contribution in [0.5, 0.6) is 0 Å². The third-order valence-corrected chi connectivity index (χ3v) is 3.71. The number of nitrogens with two attached hydrogens (primary N) is 1. The molecular weight excluding hydrogens is 210 g/mol. The van der Waals surface area contributed by atoms with Crippen LogP contribution in [0.4, 0.5) is 0 Å². The number of pyridine rings is 1. The van der Waals surface area contributed by atoms with Crippen LogP contribution >= 0.6 is 0 Å². The molecule has 1 aliphatic heterocycles. The molecule has 17 heavy (non-hydrogen) atoms. The van der Waals surface area contributed by atoms with E-state index in [9.17, 15) is 0 Å². The molecule has 1 aromatic heterocycles. The van der Waals surface area contributed by atoms with Crippen molar-refractivity contribution in [1.82, 2.24) is 9.88 Å². The first-order valence-corrected chi connectivity index (χ1v) is 6.70. The number of hydrogen-bond acceptors (Lipinski definition) is 3. The van der Waals surface area contributed by atoms with Gasteiger partial charge in [0.15, 0.2) is 0 Å². The molecule has 1 saturated heterocycles. The zero-order valence-electron chi connectivity index (χ0n) is 10.7. The molecule has 0 spiro atoms. The van der Waals surface area contributed by atoms with E-state index >= 15 is 0 Å². The first-order valence-electron chi connectivity index (χ1n) is 6.70. The molecular formula is C14H23N3. The molecule has 2 atom stereocenters. The van der Waals surface area contributed by atoms with Gasteiger partial charge in [-0.2, -0.15) is 0 Å². The van der Waals surface area contributed by atoms with Gasteiger partial charge in [0.25, 0.3) is 0 Å². The Hall–Kier alpha value is -0.930. The van der Waals surface area contributed by atoms with Crippen LogP contribution in [0.1, 0.15) is 37.9 Å². The van der Waals surface area contributed by atoms with Gasteiger partial charge >= 0.3 is 0 Å². The molecule has 0 radical (unpaired) electrons. The van der Waals surface area contributed by atoms with Gasteiger partial charge in [0.05, 0.1) is 11.7 Å². The van der Waals surface area contributed by atoms with E-state index in [-0.39, 0.29) is 0 Å². The maximum Gasteiger partial charge on any atom is 0.0644 e. The maximum atomic E-state index is 5.92. The first kappa shape index (κ1) is 12.5. The van der Waals surface area contributed by atoms with Gasteiger partial charge in [-0.15, -0.1) is 0 Å². The van der Waals surface area contributed by atoms with E-state index in [2.05, 4.69) is 22.9 Å². The molecule has 0 saturated carbocycles. The Morgan fingerprint density at radius 1 is 1.53 bits per heavy atom. The quantitative estimate of drug-likeness (QED) is 0.848. The Morgan fingerprint density at radius 3 is 3.06 bits per heavy atom. The highest BCUT2D eigenvalue weighted by atomic mass is 15.2. The summed E-state index contributed by atoms with van der Waals surface area (Å²) in [6, 6.07) is 6.40. The molecule has 1 aromatic rings. The second-order valence-corrected chi connectivity index (χ2v) is 4.94. The van der Waals surface area contributed by atoms with Crippen molar-refractivity contribution in [2.24, 2.45) is 11.7 Å². The topological polar surface area (TPSA) is 42.1 Å². The lowest BCUT2D eigenvalue weighted by Gasteiger charge is -2.26. The van der Waals surface area contributed by atoms with Crippen LogP contribution in [-0.2, 0) is 0 Å². The zero-order valence-corrected chi connectivity index (χ0v) is 10.7. The summed E-state index contributed by atoms with van der Waals surface area (Å²) in [5.74, 6) is 0.859. The standard InChI is InChI=1S/C14H23N3/c1-2-5-12-7-9-17(11-12)14(10-15)13-6-3-4-8-16-13/h3-4,6,8,12,14H,2,5,7,9-11,15H2,1H3. The van der Waals surface area contributed by atoms with Crippen LogP contribution < -0.4 is 5.73 Å². The molecule has 0 aliphatic carbocycles. The lowest BCUT2D eigenvalue weighted by atomic mass is 10.0. The summed E-state index contributed by atoms with van der Waals surface area (Å²) in [7, 11) is 0. The average Bonchev–Trinajstić information content (AvgIpc) is 2.81. The van der Waals surface area contributed by atoms with Crippen molar-refractivity contribution in [2.45, 2.75) is 32.2 Å². The van der Waals surface area contributed by atoms with E-state index in [0.29, 0.717) is 12.6 Å². The Bertz CT molecular complexity index is 325. The fourth-order valence-corrected chi connectivity index (χ4v) is 2.82. The van der Waals surface area contributed by atoms with Crippen molar-refractivity contribution >= 4 is 0 Å². The second kappa shape index (κ2) is 6.12. The van der Waals surface area contributed by atoms with Crippen molar-refractivity contribution in [3.05, 3.63) is 30.1 Å². The summed E-state index contributed by atoms with van der Waals surface area (Å²) in [5, 5.41) is 0. The van der Waals surface area contributed by atoms with Crippen LogP contribution in [0.15, 0.2) is 24.4 Å². The highest BCUT2D eigenvalue weighted by Crippen LogP contribution is 2.28. The molecule has 94 valence electrons. The van der Waals surface area contributed by atoms with E-state index < -0.39 is 0 Å². The smallest absolute Gasteiger partial charge is 0.0644 e. The van der Waals surface area contributed by atoms with E-state index in [1.165, 1.54) is 32.4 Å². The van der Waals surface area contributed by atoms with E-state index in [1.54, 1.807) is 0 Å². The normalized spacial score (nSPS) is 22.8. The Balaban J connectivity index is 2.01. The third-order valence-electron chi connectivity index (χ3n) is 3.71. The molecule has 1 aliphatic rings. The minimum absolute atomic E-state index is 0.304. The maximum absolute atomic E-state index is 5.92. The summed E-state index contributed by atoms with van der Waals surface area (Å²) < 4.78 is 0. The number of nitrogens with zero attached hydrogens (tertiary/aromatic N) is 2. The summed E-state index contributed by atoms with van der Waals surface area (Å²) in [4.78, 5) is 6.95. The number of hydrogen-bond donors (Lipinski definition) is 1. The molecule has 0 bridgehead atoms. The van der Waals surface area contributed by atoms with Crippen molar-refractivity contribution in [1.29, 1.82) is 0 Å². The zero-order chi connectivity index (χ0) is 12.1. The molecule has 2 heterocycles. The fraction of sp³-hybridized carbons (Fsp3) is 0.643. The lowest BCUT2D eigenvalue weighted by molar-refractivity contribution is 0.235. The highest BCUT2D eigenvalue weighted by Gasteiger charge is 2.28. The Labute approximate surface area is 104 Å². The van der Waals surface area contributed by atoms with Gasteiger partial charge in [-0.1, -0.05) is 19.4 Å². The van der Waals surface area contributed by atoms with Gasteiger partial charge in [-0.05, 0) is 37.4 Å². The van der Waals surface area contributed by atoms with Crippen LogP contribution in [0.2, 0.25) is 0 Å². The first-order chi connectivity index (χ1) is 8.35. The average molecular weight is 233 g/mol. The Morgan fingerprint density at radius 2 is 2.41 bits per heavy atom. The summed E-state index contributed by atoms with van der Waals surface area (Å²) >= 11 is 0. The van der Waals surface area contributed by atoms with Crippen molar-refractivity contribution < 1.29 is 0 Å². The molecule has 3 nitrogen and oxygen atoms in total. The summed E-state index contributed by atoms with van der Waals surface area (Å²) in [6.07, 6.45) is 5.81. The summed E-state index contributed by atoms with van der Waals surface area (Å²) in [5.41, 5.74) is 7.04. The van der Waals surface area contributed by atoms with Gasteiger partial charge in [0.1, 0.15) is 0 Å². The summed E-state index contributed by atoms with van der Waals surface area (Å²) in [6.45, 7) is 5.28. The van der Waals surface area contributed by atoms with Crippen LogP contribution in [0, 0.1) is 5.92 Å². The largest absolute Gasteiger partial charge is 0.329 e. The van der Waals surface area contributed by atoms with Crippen molar-refractivity contribution in [3.8, 4) is 0 Å². The lowest BCUT2D eigenvalue weighted by Crippen LogP contribution is -2.32. The number of rotatable bonds is 5. The molecule has 3 heteroatoms. The molecule has 2 unspecified atom stereocenters. The van der Waals surface area contributed by atoms with E-state index in [1.807, 2.05) is 18.3 Å². The number of aromatic nitrogens is 1. The van der Waals surface area contributed by atoms with Gasteiger partial charge in [0.2, 0.25) is 0 Å². The Kier molecular flexibility index (Phi) is 4.51. The van der Waals surface area contributed by atoms with Gasteiger partial charge in [-0.25, -0.2) is 0 Å². The monoisotopic (exact) mass is 233 g/mol. The number of likely N-dealkylation sites (tertiary alicyclic amines) is 1. The van der Waals surface area contributed by atoms with Crippen LogP contribution in [0.25, 0.3) is 0 Å². The van der Waals surface area contributed by atoms with Gasteiger partial charge in [-0.3, -0.25) is 9.88 Å². The van der Waals surface area contributed by atoms with Crippen LogP contribution in [-0.4, -0.2) is 29.5 Å².